The Morgan fingerprint density at radius 2 is 1.72 bits per heavy atom. The molecule has 1 aliphatic carbocycles. The Balaban J connectivity index is 1.56. The molecule has 2 aliphatic rings. The molecule has 2 aromatic rings. The number of nitrogens with zero attached hydrogens (tertiary/aromatic N) is 1. The van der Waals surface area contributed by atoms with Gasteiger partial charge in [0.05, 0.1) is 6.04 Å². The molecule has 5 nitrogen and oxygen atoms in total. The lowest BCUT2D eigenvalue weighted by Gasteiger charge is -2.25. The van der Waals surface area contributed by atoms with Crippen LogP contribution < -0.4 is 10.2 Å². The standard InChI is InChI=1S/C21H20F3N3O2/c1-21(17-10-15(23)6-9-18(17)24)19(28)27(20(29)25-21)12-26(16-7-8-16)11-13-2-4-14(22)5-3-13/h2-6,9-10,16H,7-8,11-12H2,1H3,(H,25,29)/p+1/t21-/m0/s1. The van der Waals surface area contributed by atoms with Crippen LogP contribution in [0.3, 0.4) is 0 Å². The molecule has 152 valence electrons. The molecular formula is C21H21F3N3O2+. The van der Waals surface area contributed by atoms with Crippen molar-refractivity contribution in [1.29, 1.82) is 0 Å². The topological polar surface area (TPSA) is 53.9 Å². The number of benzene rings is 2. The van der Waals surface area contributed by atoms with E-state index in [0.29, 0.717) is 12.6 Å². The zero-order valence-electron chi connectivity index (χ0n) is 15.8. The molecule has 1 aliphatic heterocycles. The molecule has 4 rings (SSSR count). The van der Waals surface area contributed by atoms with Gasteiger partial charge in [-0.15, -0.1) is 0 Å². The minimum atomic E-state index is -1.67. The summed E-state index contributed by atoms with van der Waals surface area (Å²) in [6.07, 6.45) is 1.94. The highest BCUT2D eigenvalue weighted by Crippen LogP contribution is 2.31. The SMILES string of the molecule is C[C@@]1(c2cc(F)ccc2F)NC(=O)N(C[NH+](Cc2ccc(F)cc2)C2CC2)C1=O. The van der Waals surface area contributed by atoms with Crippen molar-refractivity contribution in [3.8, 4) is 0 Å². The number of amides is 3. The fourth-order valence-electron chi connectivity index (χ4n) is 3.79. The Morgan fingerprint density at radius 3 is 2.38 bits per heavy atom. The highest BCUT2D eigenvalue weighted by molar-refractivity contribution is 6.07. The number of carbonyl (C=O) groups is 2. The Morgan fingerprint density at radius 1 is 1.07 bits per heavy atom. The van der Waals surface area contributed by atoms with E-state index >= 15 is 0 Å². The van der Waals surface area contributed by atoms with Gasteiger partial charge in [-0.2, -0.15) is 0 Å². The lowest BCUT2D eigenvalue weighted by molar-refractivity contribution is -0.931. The van der Waals surface area contributed by atoms with Crippen molar-refractivity contribution in [2.75, 3.05) is 6.67 Å². The van der Waals surface area contributed by atoms with Crippen molar-refractivity contribution >= 4 is 11.9 Å². The minimum absolute atomic E-state index is 0.0965. The van der Waals surface area contributed by atoms with E-state index < -0.39 is 29.1 Å². The fraction of sp³-hybridized carbons (Fsp3) is 0.333. The Hall–Kier alpha value is -2.87. The lowest BCUT2D eigenvalue weighted by atomic mass is 9.91. The minimum Gasteiger partial charge on any atom is -0.319 e. The maximum Gasteiger partial charge on any atom is 0.329 e. The molecule has 3 amide bonds. The number of hydrogen-bond donors (Lipinski definition) is 2. The summed E-state index contributed by atoms with van der Waals surface area (Å²) in [7, 11) is 0. The quantitative estimate of drug-likeness (QED) is 0.725. The van der Waals surface area contributed by atoms with Gasteiger partial charge in [-0.3, -0.25) is 4.79 Å². The molecule has 0 radical (unpaired) electrons. The average Bonchev–Trinajstić information content (AvgIpc) is 3.50. The van der Waals surface area contributed by atoms with Crippen LogP contribution in [0.5, 0.6) is 0 Å². The first-order valence-corrected chi connectivity index (χ1v) is 9.46. The third kappa shape index (κ3) is 3.72. The second-order valence-corrected chi connectivity index (χ2v) is 7.81. The summed E-state index contributed by atoms with van der Waals surface area (Å²) in [6, 6.07) is 8.58. The van der Waals surface area contributed by atoms with Gasteiger partial charge in [0.25, 0.3) is 5.91 Å². The molecule has 1 saturated carbocycles. The van der Waals surface area contributed by atoms with E-state index in [1.165, 1.54) is 19.1 Å². The van der Waals surface area contributed by atoms with Crippen molar-refractivity contribution in [3.05, 3.63) is 71.0 Å². The maximum atomic E-state index is 14.3. The van der Waals surface area contributed by atoms with E-state index in [-0.39, 0.29) is 18.0 Å². The van der Waals surface area contributed by atoms with Gasteiger partial charge in [0.15, 0.2) is 6.67 Å². The Kier molecular flexibility index (Phi) is 4.82. The number of urea groups is 1. The number of quaternary nitrogens is 1. The molecule has 1 unspecified atom stereocenters. The fourth-order valence-corrected chi connectivity index (χ4v) is 3.79. The van der Waals surface area contributed by atoms with Crippen molar-refractivity contribution in [2.45, 2.75) is 37.9 Å². The van der Waals surface area contributed by atoms with Gasteiger partial charge in [0.2, 0.25) is 0 Å². The van der Waals surface area contributed by atoms with Crippen LogP contribution in [0, 0.1) is 17.5 Å². The van der Waals surface area contributed by atoms with E-state index in [4.69, 9.17) is 0 Å². The van der Waals surface area contributed by atoms with Crippen molar-refractivity contribution < 1.29 is 27.7 Å². The first-order valence-electron chi connectivity index (χ1n) is 9.46. The third-order valence-corrected chi connectivity index (χ3v) is 5.60. The predicted molar refractivity (Wildman–Crippen MR) is 98.0 cm³/mol. The van der Waals surface area contributed by atoms with Crippen LogP contribution in [0.25, 0.3) is 0 Å². The summed E-state index contributed by atoms with van der Waals surface area (Å²) in [6.45, 7) is 1.99. The summed E-state index contributed by atoms with van der Waals surface area (Å²) in [5, 5.41) is 2.52. The smallest absolute Gasteiger partial charge is 0.319 e. The van der Waals surface area contributed by atoms with Crippen molar-refractivity contribution in [1.82, 2.24) is 10.2 Å². The van der Waals surface area contributed by atoms with Crippen LogP contribution in [0.1, 0.15) is 30.9 Å². The predicted octanol–water partition coefficient (Wildman–Crippen LogP) is 2.08. The molecular weight excluding hydrogens is 383 g/mol. The van der Waals surface area contributed by atoms with Crippen LogP contribution in [0.2, 0.25) is 0 Å². The second-order valence-electron chi connectivity index (χ2n) is 7.81. The van der Waals surface area contributed by atoms with Crippen LogP contribution in [-0.4, -0.2) is 29.5 Å². The summed E-state index contributed by atoms with van der Waals surface area (Å²) in [5.74, 6) is -2.40. The number of nitrogens with one attached hydrogen (secondary N) is 2. The molecule has 1 heterocycles. The van der Waals surface area contributed by atoms with E-state index in [9.17, 15) is 22.8 Å². The molecule has 2 N–H and O–H groups in total. The van der Waals surface area contributed by atoms with Gasteiger partial charge < -0.3 is 10.2 Å². The highest BCUT2D eigenvalue weighted by atomic mass is 19.1. The monoisotopic (exact) mass is 404 g/mol. The molecule has 1 saturated heterocycles. The average molecular weight is 404 g/mol. The van der Waals surface area contributed by atoms with Crippen LogP contribution in [0.4, 0.5) is 18.0 Å². The van der Waals surface area contributed by atoms with Crippen molar-refractivity contribution in [2.24, 2.45) is 0 Å². The first kappa shape index (κ1) is 19.4. The Bertz CT molecular complexity index is 962. The zero-order chi connectivity index (χ0) is 20.8. The molecule has 0 aromatic heterocycles. The summed E-state index contributed by atoms with van der Waals surface area (Å²) in [4.78, 5) is 27.7. The third-order valence-electron chi connectivity index (χ3n) is 5.60. The van der Waals surface area contributed by atoms with E-state index in [2.05, 4.69) is 5.32 Å². The molecule has 2 atom stereocenters. The summed E-state index contributed by atoms with van der Waals surface area (Å²) in [5.41, 5.74) is -0.988. The molecule has 0 spiro atoms. The van der Waals surface area contributed by atoms with Gasteiger partial charge in [-0.25, -0.2) is 22.9 Å². The van der Waals surface area contributed by atoms with Crippen LogP contribution in [0.15, 0.2) is 42.5 Å². The largest absolute Gasteiger partial charge is 0.329 e. The molecule has 2 aromatic carbocycles. The van der Waals surface area contributed by atoms with Gasteiger partial charge in [0, 0.05) is 24.0 Å². The van der Waals surface area contributed by atoms with E-state index in [1.54, 1.807) is 12.1 Å². The van der Waals surface area contributed by atoms with E-state index in [1.807, 2.05) is 0 Å². The zero-order valence-corrected chi connectivity index (χ0v) is 15.8. The number of hydrogen-bond acceptors (Lipinski definition) is 2. The first-order chi connectivity index (χ1) is 13.8. The number of imide groups is 1. The highest BCUT2D eigenvalue weighted by Gasteiger charge is 2.52. The maximum absolute atomic E-state index is 14.3. The van der Waals surface area contributed by atoms with Gasteiger partial charge in [-0.1, -0.05) is 12.1 Å². The normalized spacial score (nSPS) is 22.7. The molecule has 0 bridgehead atoms. The Labute approximate surface area is 166 Å². The van der Waals surface area contributed by atoms with Crippen LogP contribution >= 0.6 is 0 Å². The van der Waals surface area contributed by atoms with Crippen molar-refractivity contribution in [3.63, 3.8) is 0 Å². The van der Waals surface area contributed by atoms with Gasteiger partial charge in [0.1, 0.15) is 29.5 Å². The van der Waals surface area contributed by atoms with Crippen LogP contribution in [-0.2, 0) is 16.9 Å². The molecule has 2 fully saturated rings. The van der Waals surface area contributed by atoms with Gasteiger partial charge >= 0.3 is 6.03 Å². The summed E-state index contributed by atoms with van der Waals surface area (Å²) < 4.78 is 41.1. The number of rotatable bonds is 6. The number of halogens is 3. The number of carbonyl (C=O) groups excluding carboxylic acids is 2. The summed E-state index contributed by atoms with van der Waals surface area (Å²) >= 11 is 0. The molecule has 29 heavy (non-hydrogen) atoms. The van der Waals surface area contributed by atoms with E-state index in [0.717, 1.165) is 46.4 Å². The molecule has 8 heteroatoms. The lowest BCUT2D eigenvalue weighted by Crippen LogP contribution is -3.13. The second kappa shape index (κ2) is 7.18. The van der Waals surface area contributed by atoms with Gasteiger partial charge in [-0.05, 0) is 37.3 Å².